The fourth-order valence-corrected chi connectivity index (χ4v) is 8.13. The van der Waals surface area contributed by atoms with E-state index in [-0.39, 0.29) is 29.3 Å². The van der Waals surface area contributed by atoms with Crippen molar-refractivity contribution < 1.29 is 25.2 Å². The van der Waals surface area contributed by atoms with E-state index in [1.165, 1.54) is 0 Å². The fourth-order valence-electron chi connectivity index (χ4n) is 8.13. The molecule has 1 spiro atoms. The molecule has 0 amide bonds. The predicted octanol–water partition coefficient (Wildman–Crippen LogP) is 2.03. The van der Waals surface area contributed by atoms with Crippen LogP contribution in [0.25, 0.3) is 0 Å². The molecule has 0 aromatic carbocycles. The second-order valence-electron chi connectivity index (χ2n) is 9.97. The van der Waals surface area contributed by atoms with Gasteiger partial charge in [0.25, 0.3) is 0 Å². The highest BCUT2D eigenvalue weighted by Gasteiger charge is 2.71. The van der Waals surface area contributed by atoms with Crippen LogP contribution < -0.4 is 0 Å². The summed E-state index contributed by atoms with van der Waals surface area (Å²) in [4.78, 5) is 12.1. The lowest BCUT2D eigenvalue weighted by Gasteiger charge is -2.66. The molecule has 0 saturated heterocycles. The van der Waals surface area contributed by atoms with E-state index in [1.807, 2.05) is 0 Å². The van der Waals surface area contributed by atoms with Gasteiger partial charge in [0.2, 0.25) is 0 Å². The first-order valence-corrected chi connectivity index (χ1v) is 9.91. The van der Waals surface area contributed by atoms with Crippen LogP contribution in [-0.2, 0) is 4.79 Å². The summed E-state index contributed by atoms with van der Waals surface area (Å²) in [5, 5.41) is 42.1. The third-order valence-corrected chi connectivity index (χ3v) is 9.05. The highest BCUT2D eigenvalue weighted by Crippen LogP contribution is 2.72. The Morgan fingerprint density at radius 3 is 2.48 bits per heavy atom. The Balaban J connectivity index is 1.81. The molecule has 9 atom stereocenters. The zero-order valence-electron chi connectivity index (χ0n) is 15.3. The Hall–Kier alpha value is -0.650. The summed E-state index contributed by atoms with van der Waals surface area (Å²) in [6.45, 7) is 4.09. The Kier molecular flexibility index (Phi) is 3.85. The Morgan fingerprint density at radius 2 is 1.84 bits per heavy atom. The normalized spacial score (nSPS) is 57.6. The van der Waals surface area contributed by atoms with Crippen LogP contribution in [-0.4, -0.2) is 45.2 Å². The van der Waals surface area contributed by atoms with Crippen molar-refractivity contribution in [3.05, 3.63) is 0 Å². The van der Waals surface area contributed by atoms with Gasteiger partial charge in [-0.15, -0.1) is 0 Å². The number of hydrogen-bond acceptors (Lipinski definition) is 4. The lowest BCUT2D eigenvalue weighted by molar-refractivity contribution is -0.254. The number of fused-ring (bicyclic) bond motifs is 3. The van der Waals surface area contributed by atoms with Gasteiger partial charge in [-0.3, -0.25) is 4.79 Å². The molecule has 0 aliphatic heterocycles. The van der Waals surface area contributed by atoms with Crippen LogP contribution in [0.1, 0.15) is 58.8 Å². The average Bonchev–Trinajstić information content (AvgIpc) is 2.84. The minimum Gasteiger partial charge on any atom is -0.481 e. The zero-order valence-corrected chi connectivity index (χ0v) is 15.3. The van der Waals surface area contributed by atoms with Crippen molar-refractivity contribution in [3.63, 3.8) is 0 Å². The number of carboxylic acid groups (broad SMARTS) is 1. The first kappa shape index (κ1) is 17.7. The van der Waals surface area contributed by atoms with Crippen molar-refractivity contribution >= 4 is 5.97 Å². The molecule has 0 aromatic rings. The van der Waals surface area contributed by atoms with Crippen molar-refractivity contribution in [2.45, 2.75) is 71.0 Å². The van der Waals surface area contributed by atoms with Crippen molar-refractivity contribution in [2.75, 3.05) is 6.61 Å². The second-order valence-corrected chi connectivity index (χ2v) is 9.97. The van der Waals surface area contributed by atoms with Crippen molar-refractivity contribution in [1.82, 2.24) is 0 Å². The first-order chi connectivity index (χ1) is 11.7. The van der Waals surface area contributed by atoms with Crippen molar-refractivity contribution in [3.8, 4) is 0 Å². The molecule has 5 heteroatoms. The summed E-state index contributed by atoms with van der Waals surface area (Å²) in [6, 6.07) is 0. The Bertz CT molecular complexity index is 578. The summed E-state index contributed by atoms with van der Waals surface area (Å²) < 4.78 is 0. The third-order valence-electron chi connectivity index (χ3n) is 9.05. The van der Waals surface area contributed by atoms with Crippen LogP contribution in [0, 0.1) is 39.9 Å². The molecule has 4 rings (SSSR count). The fraction of sp³-hybridized carbons (Fsp3) is 0.950. The molecule has 0 aromatic heterocycles. The van der Waals surface area contributed by atoms with E-state index in [2.05, 4.69) is 6.92 Å². The Labute approximate surface area is 149 Å². The highest BCUT2D eigenvalue weighted by atomic mass is 16.4. The van der Waals surface area contributed by atoms with Crippen molar-refractivity contribution in [2.24, 2.45) is 39.9 Å². The minimum absolute atomic E-state index is 0.148. The standard InChI is InChI=1S/C20H32O5/c1-18-6-3-7-19(2,17(24)25)15(18)14(22)16(23)20-8-11(4-5-13(18)20)12(9-20)10-21/h11-16,21-23H,3-10H2,1-2H3,(H,24,25)/t11-,12+,13+,14+,15+,16+,18+,19-,20-/m1/s1. The number of aliphatic carboxylic acids is 1. The lowest BCUT2D eigenvalue weighted by Crippen LogP contribution is -2.68. The zero-order chi connectivity index (χ0) is 18.2. The smallest absolute Gasteiger partial charge is 0.309 e. The maximum absolute atomic E-state index is 12.1. The first-order valence-electron chi connectivity index (χ1n) is 9.91. The van der Waals surface area contributed by atoms with Gasteiger partial charge in [0.15, 0.2) is 0 Å². The molecular formula is C20H32O5. The minimum atomic E-state index is -1.00. The van der Waals surface area contributed by atoms with Gasteiger partial charge in [-0.25, -0.2) is 0 Å². The molecular weight excluding hydrogens is 320 g/mol. The molecule has 2 bridgehead atoms. The van der Waals surface area contributed by atoms with E-state index in [0.29, 0.717) is 12.3 Å². The summed E-state index contributed by atoms with van der Waals surface area (Å²) >= 11 is 0. The van der Waals surface area contributed by atoms with Gasteiger partial charge >= 0.3 is 5.97 Å². The number of hydrogen-bond donors (Lipinski definition) is 4. The van der Waals surface area contributed by atoms with Crippen molar-refractivity contribution in [1.29, 1.82) is 0 Å². The molecule has 4 N–H and O–H groups in total. The monoisotopic (exact) mass is 352 g/mol. The molecule has 4 aliphatic rings. The quantitative estimate of drug-likeness (QED) is 0.610. The van der Waals surface area contributed by atoms with Crippen LogP contribution >= 0.6 is 0 Å². The molecule has 142 valence electrons. The molecule has 4 saturated carbocycles. The topological polar surface area (TPSA) is 98.0 Å². The van der Waals surface area contributed by atoms with E-state index >= 15 is 0 Å². The van der Waals surface area contributed by atoms with Gasteiger partial charge in [-0.05, 0) is 68.6 Å². The maximum atomic E-state index is 12.1. The summed E-state index contributed by atoms with van der Waals surface area (Å²) in [7, 11) is 0. The van der Waals surface area contributed by atoms with Crippen LogP contribution in [0.2, 0.25) is 0 Å². The molecule has 4 aliphatic carbocycles. The van der Waals surface area contributed by atoms with Gasteiger partial charge < -0.3 is 20.4 Å². The third kappa shape index (κ3) is 2.03. The van der Waals surface area contributed by atoms with Gasteiger partial charge in [0.05, 0.1) is 17.6 Å². The second kappa shape index (κ2) is 5.43. The SMILES string of the molecule is C[C@@]12CCC[C@@](C)(C(=O)O)[C@H]1[C@H](O)[C@H](O)[C@]13C[C@@H](CO)[C@H](CC[C@@H]21)C3. The van der Waals surface area contributed by atoms with Gasteiger partial charge in [0, 0.05) is 17.9 Å². The van der Waals surface area contributed by atoms with E-state index in [0.717, 1.165) is 38.5 Å². The summed E-state index contributed by atoms with van der Waals surface area (Å²) in [5.41, 5.74) is -1.60. The van der Waals surface area contributed by atoms with E-state index < -0.39 is 29.5 Å². The largest absolute Gasteiger partial charge is 0.481 e. The van der Waals surface area contributed by atoms with Crippen LogP contribution in [0.5, 0.6) is 0 Å². The summed E-state index contributed by atoms with van der Waals surface area (Å²) in [6.07, 6.45) is 4.12. The van der Waals surface area contributed by atoms with Crippen LogP contribution in [0.15, 0.2) is 0 Å². The molecule has 4 fully saturated rings. The maximum Gasteiger partial charge on any atom is 0.309 e. The van der Waals surface area contributed by atoms with Gasteiger partial charge in [-0.1, -0.05) is 13.3 Å². The molecule has 0 heterocycles. The number of carbonyl (C=O) groups is 1. The van der Waals surface area contributed by atoms with Gasteiger partial charge in [0.1, 0.15) is 0 Å². The number of rotatable bonds is 2. The number of carboxylic acids is 1. The number of aliphatic hydroxyl groups excluding tert-OH is 3. The number of aliphatic hydroxyl groups is 3. The molecule has 0 radical (unpaired) electrons. The average molecular weight is 352 g/mol. The van der Waals surface area contributed by atoms with E-state index in [4.69, 9.17) is 0 Å². The van der Waals surface area contributed by atoms with Gasteiger partial charge in [-0.2, -0.15) is 0 Å². The Morgan fingerprint density at radius 1 is 1.12 bits per heavy atom. The van der Waals surface area contributed by atoms with Crippen LogP contribution in [0.4, 0.5) is 0 Å². The lowest BCUT2D eigenvalue weighted by atomic mass is 9.39. The molecule has 25 heavy (non-hydrogen) atoms. The highest BCUT2D eigenvalue weighted by molar-refractivity contribution is 5.75. The molecule has 5 nitrogen and oxygen atoms in total. The van der Waals surface area contributed by atoms with Crippen LogP contribution in [0.3, 0.4) is 0 Å². The van der Waals surface area contributed by atoms with E-state index in [1.54, 1.807) is 6.92 Å². The van der Waals surface area contributed by atoms with E-state index in [9.17, 15) is 25.2 Å². The summed E-state index contributed by atoms with van der Waals surface area (Å²) in [5.74, 6) is -0.394. The molecule has 0 unspecified atom stereocenters. The predicted molar refractivity (Wildman–Crippen MR) is 91.7 cm³/mol.